The van der Waals surface area contributed by atoms with Crippen LogP contribution in [-0.2, 0) is 20.9 Å². The van der Waals surface area contributed by atoms with Crippen molar-refractivity contribution in [2.24, 2.45) is 5.92 Å². The predicted octanol–water partition coefficient (Wildman–Crippen LogP) is 4.50. The number of esters is 1. The van der Waals surface area contributed by atoms with Crippen molar-refractivity contribution in [3.8, 4) is 5.75 Å². The monoisotopic (exact) mass is 425 g/mol. The number of hydrogen-bond donors (Lipinski definition) is 0. The number of rotatable bonds is 8. The molecular weight excluding hydrogens is 402 g/mol. The van der Waals surface area contributed by atoms with E-state index in [9.17, 15) is 14.4 Å². The molecule has 30 heavy (non-hydrogen) atoms. The van der Waals surface area contributed by atoms with Crippen molar-refractivity contribution >= 4 is 35.0 Å². The molecule has 1 fully saturated rings. The largest absolute Gasteiger partial charge is 0.489 e. The summed E-state index contributed by atoms with van der Waals surface area (Å²) in [6.45, 7) is 4.17. The predicted molar refractivity (Wildman–Crippen MR) is 116 cm³/mol. The number of amides is 2. The van der Waals surface area contributed by atoms with Crippen LogP contribution < -0.4 is 4.74 Å². The summed E-state index contributed by atoms with van der Waals surface area (Å²) < 4.78 is 10.8. The van der Waals surface area contributed by atoms with E-state index in [1.165, 1.54) is 0 Å². The molecule has 2 aromatic rings. The second kappa shape index (κ2) is 10.1. The van der Waals surface area contributed by atoms with Crippen LogP contribution in [0, 0.1) is 5.92 Å². The quantitative estimate of drug-likeness (QED) is 0.458. The van der Waals surface area contributed by atoms with Gasteiger partial charge in [-0.2, -0.15) is 0 Å². The fraction of sp³-hybridized carbons (Fsp3) is 0.261. The first-order valence-electron chi connectivity index (χ1n) is 9.60. The Labute approximate surface area is 179 Å². The molecule has 2 aromatic carbocycles. The number of carbonyl (C=O) groups is 3. The van der Waals surface area contributed by atoms with Crippen molar-refractivity contribution in [2.45, 2.75) is 20.5 Å². The van der Waals surface area contributed by atoms with Gasteiger partial charge in [0.15, 0.2) is 0 Å². The smallest absolute Gasteiger partial charge is 0.326 e. The number of nitrogens with zero attached hydrogens (tertiary/aromatic N) is 1. The van der Waals surface area contributed by atoms with Gasteiger partial charge in [-0.1, -0.05) is 56.3 Å². The zero-order valence-electron chi connectivity index (χ0n) is 16.9. The van der Waals surface area contributed by atoms with Gasteiger partial charge in [0, 0.05) is 0 Å². The summed E-state index contributed by atoms with van der Waals surface area (Å²) in [5, 5.41) is -0.476. The molecule has 0 aliphatic carbocycles. The molecule has 0 aromatic heterocycles. The van der Waals surface area contributed by atoms with Gasteiger partial charge in [-0.25, -0.2) is 0 Å². The van der Waals surface area contributed by atoms with E-state index in [0.29, 0.717) is 12.4 Å². The summed E-state index contributed by atoms with van der Waals surface area (Å²) in [6, 6.07) is 17.1. The van der Waals surface area contributed by atoms with Crippen molar-refractivity contribution in [3.05, 3.63) is 70.6 Å². The molecule has 6 nitrogen and oxygen atoms in total. The molecule has 0 saturated carbocycles. The molecule has 1 aliphatic heterocycles. The molecule has 0 radical (unpaired) electrons. The Morgan fingerprint density at radius 3 is 2.43 bits per heavy atom. The van der Waals surface area contributed by atoms with Crippen LogP contribution in [0.25, 0.3) is 6.08 Å². The number of benzene rings is 2. The van der Waals surface area contributed by atoms with Crippen LogP contribution in [0.5, 0.6) is 5.75 Å². The van der Waals surface area contributed by atoms with Crippen LogP contribution in [0.15, 0.2) is 59.5 Å². The van der Waals surface area contributed by atoms with Crippen molar-refractivity contribution in [2.75, 3.05) is 13.2 Å². The third kappa shape index (κ3) is 5.97. The van der Waals surface area contributed by atoms with Crippen LogP contribution in [0.4, 0.5) is 4.79 Å². The highest BCUT2D eigenvalue weighted by Crippen LogP contribution is 2.32. The standard InChI is InChI=1S/C23H23NO5S/c1-16(2)14-29-21(25)13-24-22(26)20(30-23(24)27)12-17-8-10-19(11-9-17)28-15-18-6-4-3-5-7-18/h3-12,16H,13-15H2,1-2H3/b20-12+. The van der Waals surface area contributed by atoms with Crippen molar-refractivity contribution in [3.63, 3.8) is 0 Å². The third-order valence-electron chi connectivity index (χ3n) is 4.16. The average molecular weight is 426 g/mol. The molecule has 0 N–H and O–H groups in total. The van der Waals surface area contributed by atoms with Gasteiger partial charge in [0.1, 0.15) is 18.9 Å². The molecular formula is C23H23NO5S. The number of thioether (sulfide) groups is 1. The Balaban J connectivity index is 1.59. The van der Waals surface area contributed by atoms with E-state index < -0.39 is 17.1 Å². The minimum atomic E-state index is -0.591. The molecule has 0 spiro atoms. The van der Waals surface area contributed by atoms with Crippen molar-refractivity contribution in [1.29, 1.82) is 0 Å². The second-order valence-electron chi connectivity index (χ2n) is 7.19. The maximum absolute atomic E-state index is 12.5. The number of carbonyl (C=O) groups excluding carboxylic acids is 3. The first-order chi connectivity index (χ1) is 14.4. The van der Waals surface area contributed by atoms with E-state index in [1.807, 2.05) is 68.4 Å². The number of hydrogen-bond acceptors (Lipinski definition) is 6. The fourth-order valence-corrected chi connectivity index (χ4v) is 3.46. The summed E-state index contributed by atoms with van der Waals surface area (Å²) >= 11 is 0.814. The third-order valence-corrected chi connectivity index (χ3v) is 5.07. The van der Waals surface area contributed by atoms with Gasteiger partial charge in [0.05, 0.1) is 11.5 Å². The Kier molecular flexibility index (Phi) is 7.30. The molecule has 1 aliphatic rings. The Morgan fingerprint density at radius 1 is 1.07 bits per heavy atom. The van der Waals surface area contributed by atoms with Crippen LogP contribution in [0.2, 0.25) is 0 Å². The Bertz CT molecular complexity index is 938. The van der Waals surface area contributed by atoms with E-state index in [2.05, 4.69) is 0 Å². The van der Waals surface area contributed by atoms with E-state index in [4.69, 9.17) is 9.47 Å². The maximum atomic E-state index is 12.5. The lowest BCUT2D eigenvalue weighted by atomic mass is 10.2. The number of ether oxygens (including phenoxy) is 2. The molecule has 0 bridgehead atoms. The lowest BCUT2D eigenvalue weighted by Gasteiger charge is -2.12. The molecule has 7 heteroatoms. The molecule has 2 amide bonds. The number of imide groups is 1. The summed E-state index contributed by atoms with van der Waals surface area (Å²) in [4.78, 5) is 37.7. The molecule has 3 rings (SSSR count). The van der Waals surface area contributed by atoms with Crippen LogP contribution >= 0.6 is 11.8 Å². The zero-order chi connectivity index (χ0) is 21.5. The van der Waals surface area contributed by atoms with Gasteiger partial charge in [0.25, 0.3) is 11.1 Å². The molecule has 0 unspecified atom stereocenters. The topological polar surface area (TPSA) is 72.9 Å². The van der Waals surface area contributed by atoms with E-state index in [0.717, 1.165) is 27.8 Å². The highest BCUT2D eigenvalue weighted by molar-refractivity contribution is 8.18. The summed E-state index contributed by atoms with van der Waals surface area (Å²) in [6.07, 6.45) is 1.63. The fourth-order valence-electron chi connectivity index (χ4n) is 2.62. The van der Waals surface area contributed by atoms with Gasteiger partial charge < -0.3 is 9.47 Å². The minimum Gasteiger partial charge on any atom is -0.489 e. The molecule has 156 valence electrons. The molecule has 1 heterocycles. The van der Waals surface area contributed by atoms with Gasteiger partial charge in [-0.15, -0.1) is 0 Å². The Hall–Kier alpha value is -3.06. The lowest BCUT2D eigenvalue weighted by molar-refractivity contribution is -0.147. The minimum absolute atomic E-state index is 0.184. The lowest BCUT2D eigenvalue weighted by Crippen LogP contribution is -2.34. The summed E-state index contributed by atoms with van der Waals surface area (Å²) in [5.41, 5.74) is 1.83. The van der Waals surface area contributed by atoms with Crippen molar-refractivity contribution in [1.82, 2.24) is 4.90 Å². The molecule has 0 atom stereocenters. The maximum Gasteiger partial charge on any atom is 0.326 e. The summed E-state index contributed by atoms with van der Waals surface area (Å²) in [5.74, 6) is -0.191. The van der Waals surface area contributed by atoms with E-state index >= 15 is 0 Å². The van der Waals surface area contributed by atoms with Crippen LogP contribution in [0.1, 0.15) is 25.0 Å². The molecule has 1 saturated heterocycles. The SMILES string of the molecule is CC(C)COC(=O)CN1C(=O)S/C(=C/c2ccc(OCc3ccccc3)cc2)C1=O. The second-order valence-corrected chi connectivity index (χ2v) is 8.18. The first-order valence-corrected chi connectivity index (χ1v) is 10.4. The van der Waals surface area contributed by atoms with Crippen molar-refractivity contribution < 1.29 is 23.9 Å². The van der Waals surface area contributed by atoms with E-state index in [1.54, 1.807) is 6.08 Å². The van der Waals surface area contributed by atoms with Gasteiger partial charge in [-0.3, -0.25) is 19.3 Å². The normalized spacial score (nSPS) is 15.2. The highest BCUT2D eigenvalue weighted by atomic mass is 32.2. The van der Waals surface area contributed by atoms with Gasteiger partial charge >= 0.3 is 5.97 Å². The van der Waals surface area contributed by atoms with Crippen LogP contribution in [-0.4, -0.2) is 35.2 Å². The van der Waals surface area contributed by atoms with Gasteiger partial charge in [-0.05, 0) is 47.0 Å². The Morgan fingerprint density at radius 2 is 1.77 bits per heavy atom. The zero-order valence-corrected chi connectivity index (χ0v) is 17.7. The summed E-state index contributed by atoms with van der Waals surface area (Å²) in [7, 11) is 0. The van der Waals surface area contributed by atoms with Gasteiger partial charge in [0.2, 0.25) is 0 Å². The van der Waals surface area contributed by atoms with Crippen LogP contribution in [0.3, 0.4) is 0 Å². The van der Waals surface area contributed by atoms with E-state index in [-0.39, 0.29) is 24.0 Å². The first kappa shape index (κ1) is 21.6. The average Bonchev–Trinajstić information content (AvgIpc) is 3.00. The highest BCUT2D eigenvalue weighted by Gasteiger charge is 2.36.